The number of thiol groups is 1. The maximum absolute atomic E-state index is 10.2. The van der Waals surface area contributed by atoms with Gasteiger partial charge in [-0.1, -0.05) is 12.8 Å². The van der Waals surface area contributed by atoms with Crippen LogP contribution >= 0.6 is 12.8 Å². The molecule has 0 aromatic carbocycles. The molecule has 0 aliphatic rings. The quantitative estimate of drug-likeness (QED) is 0.437. The summed E-state index contributed by atoms with van der Waals surface area (Å²) in [5.74, 6) is -2.11. The van der Waals surface area contributed by atoms with Crippen molar-refractivity contribution in [2.75, 3.05) is 0 Å². The summed E-state index contributed by atoms with van der Waals surface area (Å²) in [6.45, 7) is 0. The number of hydrogen-bond acceptors (Lipinski definition) is 4. The molecule has 6 heteroatoms. The van der Waals surface area contributed by atoms with Crippen molar-refractivity contribution in [2.24, 2.45) is 0 Å². The van der Waals surface area contributed by atoms with Crippen LogP contribution in [0.2, 0.25) is 0 Å². The lowest BCUT2D eigenvalue weighted by molar-refractivity contribution is -0.140. The van der Waals surface area contributed by atoms with Gasteiger partial charge in [0.1, 0.15) is 6.04 Å². The molecule has 1 unspecified atom stereocenters. The molecule has 0 aromatic rings. The maximum atomic E-state index is 10.2. The van der Waals surface area contributed by atoms with E-state index in [1.54, 1.807) is 0 Å². The molecule has 0 bridgehead atoms. The fourth-order valence-electron chi connectivity index (χ4n) is 0.511. The predicted molar refractivity (Wildman–Crippen MR) is 40.4 cm³/mol. The largest absolute Gasteiger partial charge is 0.481 e. The summed E-state index contributed by atoms with van der Waals surface area (Å²) >= 11 is 3.53. The molecule has 0 radical (unpaired) electrons. The fourth-order valence-corrected chi connectivity index (χ4v) is 0.751. The second kappa shape index (κ2) is 4.97. The highest BCUT2D eigenvalue weighted by Gasteiger charge is 2.15. The third-order valence-corrected chi connectivity index (χ3v) is 1.41. The summed E-state index contributed by atoms with van der Waals surface area (Å²) in [5.41, 5.74) is 0. The van der Waals surface area contributed by atoms with E-state index in [1.807, 2.05) is 0 Å². The van der Waals surface area contributed by atoms with Crippen molar-refractivity contribution in [2.45, 2.75) is 18.9 Å². The molecule has 0 rings (SSSR count). The van der Waals surface area contributed by atoms with Gasteiger partial charge in [-0.2, -0.15) is 0 Å². The second-order valence-corrected chi connectivity index (χ2v) is 2.21. The maximum Gasteiger partial charge on any atom is 0.321 e. The van der Waals surface area contributed by atoms with Crippen LogP contribution in [-0.2, 0) is 9.59 Å². The van der Waals surface area contributed by atoms with Gasteiger partial charge in [-0.25, -0.2) is 0 Å². The highest BCUT2D eigenvalue weighted by molar-refractivity contribution is 7.78. The topological polar surface area (TPSA) is 86.6 Å². The van der Waals surface area contributed by atoms with Crippen molar-refractivity contribution in [3.05, 3.63) is 0 Å². The molecule has 0 amide bonds. The number of carboxylic acid groups (broad SMARTS) is 2. The zero-order valence-corrected chi connectivity index (χ0v) is 6.54. The Hall–Kier alpha value is -0.750. The first-order chi connectivity index (χ1) is 5.07. The summed E-state index contributed by atoms with van der Waals surface area (Å²) in [7, 11) is 0. The standard InChI is InChI=1S/C5H9NO4S/c7-4(8)2-1-3(6-11)5(9)10/h3,6,11H,1-2H2,(H,7,8)(H,9,10). The number of carbonyl (C=O) groups is 2. The van der Waals surface area contributed by atoms with Crippen LogP contribution in [0.25, 0.3) is 0 Å². The first kappa shape index (κ1) is 10.2. The van der Waals surface area contributed by atoms with Crippen molar-refractivity contribution >= 4 is 24.8 Å². The van der Waals surface area contributed by atoms with E-state index in [9.17, 15) is 9.59 Å². The second-order valence-electron chi connectivity index (χ2n) is 1.95. The number of carboxylic acids is 2. The Morgan fingerprint density at radius 2 is 2.00 bits per heavy atom. The Morgan fingerprint density at radius 1 is 1.45 bits per heavy atom. The Balaban J connectivity index is 3.70. The number of rotatable bonds is 5. The fraction of sp³-hybridized carbons (Fsp3) is 0.600. The Labute approximate surface area is 69.0 Å². The van der Waals surface area contributed by atoms with Gasteiger partial charge in [0.15, 0.2) is 0 Å². The zero-order chi connectivity index (χ0) is 8.85. The molecule has 0 aliphatic carbocycles. The van der Waals surface area contributed by atoms with E-state index in [0.29, 0.717) is 0 Å². The van der Waals surface area contributed by atoms with Gasteiger partial charge in [0.2, 0.25) is 0 Å². The molecular formula is C5H9NO4S. The molecule has 1 atom stereocenters. The van der Waals surface area contributed by atoms with Crippen molar-refractivity contribution in [1.82, 2.24) is 4.72 Å². The highest BCUT2D eigenvalue weighted by Crippen LogP contribution is 1.97. The van der Waals surface area contributed by atoms with E-state index in [2.05, 4.69) is 17.5 Å². The first-order valence-electron chi connectivity index (χ1n) is 2.92. The molecule has 0 spiro atoms. The van der Waals surface area contributed by atoms with Gasteiger partial charge in [-0.3, -0.25) is 14.3 Å². The Kier molecular flexibility index (Phi) is 4.64. The van der Waals surface area contributed by atoms with E-state index >= 15 is 0 Å². The smallest absolute Gasteiger partial charge is 0.321 e. The van der Waals surface area contributed by atoms with Crippen LogP contribution in [0.4, 0.5) is 0 Å². The van der Waals surface area contributed by atoms with E-state index in [-0.39, 0.29) is 12.8 Å². The van der Waals surface area contributed by atoms with Gasteiger partial charge in [-0.05, 0) is 6.42 Å². The van der Waals surface area contributed by atoms with Gasteiger partial charge in [0, 0.05) is 6.42 Å². The average Bonchev–Trinajstić information content (AvgIpc) is 1.87. The monoisotopic (exact) mass is 179 g/mol. The van der Waals surface area contributed by atoms with Crippen LogP contribution in [0.1, 0.15) is 12.8 Å². The molecule has 11 heavy (non-hydrogen) atoms. The van der Waals surface area contributed by atoms with Gasteiger partial charge in [0.05, 0.1) is 0 Å². The van der Waals surface area contributed by atoms with Gasteiger partial charge >= 0.3 is 11.9 Å². The summed E-state index contributed by atoms with van der Waals surface area (Å²) in [4.78, 5) is 20.2. The predicted octanol–water partition coefficient (Wildman–Crippen LogP) is -0.261. The van der Waals surface area contributed by atoms with Crippen molar-refractivity contribution in [1.29, 1.82) is 0 Å². The first-order valence-corrected chi connectivity index (χ1v) is 3.37. The Bertz CT molecular complexity index is 161. The molecule has 0 fully saturated rings. The summed E-state index contributed by atoms with van der Waals surface area (Å²) in [6.07, 6.45) is -0.140. The molecule has 0 aromatic heterocycles. The minimum absolute atomic E-state index is 0.0359. The number of aliphatic carboxylic acids is 2. The van der Waals surface area contributed by atoms with Gasteiger partial charge in [0.25, 0.3) is 0 Å². The molecule has 0 aliphatic heterocycles. The summed E-state index contributed by atoms with van der Waals surface area (Å²) < 4.78 is 2.19. The normalized spacial score (nSPS) is 12.5. The van der Waals surface area contributed by atoms with E-state index in [4.69, 9.17) is 10.2 Å². The van der Waals surface area contributed by atoms with E-state index < -0.39 is 18.0 Å². The van der Waals surface area contributed by atoms with E-state index in [0.717, 1.165) is 0 Å². The molecule has 64 valence electrons. The lowest BCUT2D eigenvalue weighted by atomic mass is 10.2. The van der Waals surface area contributed by atoms with Gasteiger partial charge < -0.3 is 10.2 Å². The molecule has 0 saturated heterocycles. The lowest BCUT2D eigenvalue weighted by Gasteiger charge is -2.07. The molecule has 0 heterocycles. The van der Waals surface area contributed by atoms with Crippen LogP contribution in [-0.4, -0.2) is 28.2 Å². The van der Waals surface area contributed by atoms with Crippen LogP contribution in [0.15, 0.2) is 0 Å². The average molecular weight is 179 g/mol. The van der Waals surface area contributed by atoms with Crippen molar-refractivity contribution in [3.8, 4) is 0 Å². The number of hydrogen-bond donors (Lipinski definition) is 4. The van der Waals surface area contributed by atoms with Crippen LogP contribution in [0.5, 0.6) is 0 Å². The molecule has 0 saturated carbocycles. The molecular weight excluding hydrogens is 170 g/mol. The van der Waals surface area contributed by atoms with Crippen molar-refractivity contribution in [3.63, 3.8) is 0 Å². The lowest BCUT2D eigenvalue weighted by Crippen LogP contribution is -2.31. The molecule has 5 nitrogen and oxygen atoms in total. The summed E-state index contributed by atoms with van der Waals surface area (Å²) in [6, 6.07) is -0.894. The zero-order valence-electron chi connectivity index (χ0n) is 5.65. The summed E-state index contributed by atoms with van der Waals surface area (Å²) in [5, 5.41) is 16.6. The highest BCUT2D eigenvalue weighted by atomic mass is 32.1. The van der Waals surface area contributed by atoms with Crippen molar-refractivity contribution < 1.29 is 19.8 Å². The SMILES string of the molecule is O=C(O)CCC(NS)C(=O)O. The minimum Gasteiger partial charge on any atom is -0.481 e. The van der Waals surface area contributed by atoms with E-state index in [1.165, 1.54) is 0 Å². The third-order valence-electron chi connectivity index (χ3n) is 1.10. The molecule has 3 N–H and O–H groups in total. The minimum atomic E-state index is -1.10. The number of nitrogens with one attached hydrogen (secondary N) is 1. The third kappa shape index (κ3) is 4.63. The van der Waals surface area contributed by atoms with Crippen LogP contribution < -0.4 is 4.72 Å². The van der Waals surface area contributed by atoms with Crippen LogP contribution in [0, 0.1) is 0 Å². The Morgan fingerprint density at radius 3 is 2.27 bits per heavy atom. The van der Waals surface area contributed by atoms with Crippen LogP contribution in [0.3, 0.4) is 0 Å². The van der Waals surface area contributed by atoms with Gasteiger partial charge in [-0.15, -0.1) is 0 Å².